The molecule has 1 aromatic carbocycles. The molecule has 1 aromatic rings. The van der Waals surface area contributed by atoms with Crippen LogP contribution in [0.2, 0.25) is 18.1 Å². The summed E-state index contributed by atoms with van der Waals surface area (Å²) < 4.78 is 7.52. The Morgan fingerprint density at radius 1 is 1.04 bits per heavy atom. The van der Waals surface area contributed by atoms with Crippen molar-refractivity contribution in [3.05, 3.63) is 24.3 Å². The minimum absolute atomic E-state index is 0.00628. The molecule has 0 spiro atoms. The fraction of sp³-hybridized carbons (Fsp3) is 0.667. The van der Waals surface area contributed by atoms with Crippen LogP contribution in [0.25, 0.3) is 0 Å². The zero-order valence-corrected chi connectivity index (χ0v) is 19.3. The van der Waals surface area contributed by atoms with Crippen molar-refractivity contribution in [2.24, 2.45) is 0 Å². The van der Waals surface area contributed by atoms with Gasteiger partial charge in [-0.25, -0.2) is 4.79 Å². The highest BCUT2D eigenvalue weighted by Gasteiger charge is 2.48. The molecule has 2 amide bonds. The quantitative estimate of drug-likeness (QED) is 0.724. The summed E-state index contributed by atoms with van der Waals surface area (Å²) in [5.41, 5.74) is 1.78. The Balaban J connectivity index is 2.17. The molecule has 2 rings (SSSR count). The van der Waals surface area contributed by atoms with Crippen LogP contribution in [0, 0.1) is 0 Å². The number of ether oxygens (including phenoxy) is 1. The average molecular weight is 392 g/mol. The van der Waals surface area contributed by atoms with Crippen molar-refractivity contribution in [2.45, 2.75) is 65.2 Å². The van der Waals surface area contributed by atoms with Gasteiger partial charge in [-0.3, -0.25) is 0 Å². The number of urea groups is 1. The number of morpholine rings is 1. The normalized spacial score (nSPS) is 16.2. The van der Waals surface area contributed by atoms with Crippen molar-refractivity contribution in [3.8, 4) is 0 Å². The number of carbonyl (C=O) groups is 1. The van der Waals surface area contributed by atoms with Crippen molar-refractivity contribution >= 4 is 25.6 Å². The first-order chi connectivity index (χ1) is 12.3. The maximum absolute atomic E-state index is 13.3. The van der Waals surface area contributed by atoms with Gasteiger partial charge in [-0.2, -0.15) is 0 Å². The molecule has 0 saturated carbocycles. The van der Waals surface area contributed by atoms with Gasteiger partial charge in [-0.05, 0) is 50.1 Å². The fourth-order valence-corrected chi connectivity index (χ4v) is 6.40. The summed E-state index contributed by atoms with van der Waals surface area (Å²) in [4.78, 5) is 15.6. The molecule has 152 valence electrons. The van der Waals surface area contributed by atoms with E-state index in [2.05, 4.69) is 81.6 Å². The number of nitrogens with zero attached hydrogens (tertiary/aromatic N) is 2. The predicted molar refractivity (Wildman–Crippen MR) is 117 cm³/mol. The Hall–Kier alpha value is -1.53. The van der Waals surface area contributed by atoms with Gasteiger partial charge in [0.05, 0.1) is 13.2 Å². The zero-order chi connectivity index (χ0) is 20.5. The minimum Gasteiger partial charge on any atom is -0.378 e. The van der Waals surface area contributed by atoms with Crippen LogP contribution in [-0.4, -0.2) is 50.7 Å². The number of carbonyl (C=O) groups excluding carboxylic acids is 1. The summed E-state index contributed by atoms with van der Waals surface area (Å²) in [6.07, 6.45) is 0. The van der Waals surface area contributed by atoms with E-state index in [0.29, 0.717) is 0 Å². The van der Waals surface area contributed by atoms with Crippen LogP contribution < -0.4 is 10.2 Å². The second-order valence-electron chi connectivity index (χ2n) is 9.89. The largest absolute Gasteiger partial charge is 0.378 e. The van der Waals surface area contributed by atoms with Gasteiger partial charge in [0.2, 0.25) is 0 Å². The number of hydrogen-bond donors (Lipinski definition) is 1. The third-order valence-corrected chi connectivity index (χ3v) is 11.4. The van der Waals surface area contributed by atoms with Crippen LogP contribution in [0.1, 0.15) is 41.5 Å². The first-order valence-corrected chi connectivity index (χ1v) is 12.8. The molecule has 27 heavy (non-hydrogen) atoms. The summed E-state index contributed by atoms with van der Waals surface area (Å²) in [7, 11) is -2.03. The van der Waals surface area contributed by atoms with Crippen LogP contribution in [0.15, 0.2) is 24.3 Å². The van der Waals surface area contributed by atoms with Crippen LogP contribution >= 0.6 is 0 Å². The lowest BCUT2D eigenvalue weighted by Gasteiger charge is -2.52. The molecule has 1 fully saturated rings. The van der Waals surface area contributed by atoms with Gasteiger partial charge in [0.25, 0.3) is 0 Å². The molecule has 0 atom stereocenters. The lowest BCUT2D eigenvalue weighted by Crippen LogP contribution is -2.65. The Morgan fingerprint density at radius 3 is 2.00 bits per heavy atom. The number of hydrogen-bond acceptors (Lipinski definition) is 3. The molecule has 0 aromatic heterocycles. The number of nitrogens with one attached hydrogen (secondary N) is 1. The van der Waals surface area contributed by atoms with E-state index in [4.69, 9.17) is 4.74 Å². The minimum atomic E-state index is -2.03. The van der Waals surface area contributed by atoms with Gasteiger partial charge in [0.15, 0.2) is 8.24 Å². The maximum atomic E-state index is 13.3. The average Bonchev–Trinajstić information content (AvgIpc) is 2.53. The molecule has 0 radical (unpaired) electrons. The Labute approximate surface area is 166 Å². The summed E-state index contributed by atoms with van der Waals surface area (Å²) in [5, 5.41) is 3.22. The third kappa shape index (κ3) is 5.05. The summed E-state index contributed by atoms with van der Waals surface area (Å²) >= 11 is 0. The molecule has 1 aliphatic heterocycles. The van der Waals surface area contributed by atoms with E-state index < -0.39 is 8.24 Å². The van der Waals surface area contributed by atoms with E-state index in [1.54, 1.807) is 0 Å². The van der Waals surface area contributed by atoms with E-state index in [0.717, 1.165) is 32.0 Å². The monoisotopic (exact) mass is 391 g/mol. The van der Waals surface area contributed by atoms with Gasteiger partial charge in [-0.1, -0.05) is 33.9 Å². The molecule has 1 saturated heterocycles. The van der Waals surface area contributed by atoms with Crippen molar-refractivity contribution in [3.63, 3.8) is 0 Å². The smallest absolute Gasteiger partial charge is 0.314 e. The molecule has 1 heterocycles. The number of rotatable bonds is 3. The van der Waals surface area contributed by atoms with E-state index in [-0.39, 0.29) is 16.6 Å². The van der Waals surface area contributed by atoms with E-state index >= 15 is 0 Å². The van der Waals surface area contributed by atoms with Crippen molar-refractivity contribution < 1.29 is 9.53 Å². The van der Waals surface area contributed by atoms with Crippen molar-refractivity contribution in [1.82, 2.24) is 4.57 Å². The molecule has 6 heteroatoms. The summed E-state index contributed by atoms with van der Waals surface area (Å²) in [5.74, 6) is 0. The zero-order valence-electron chi connectivity index (χ0n) is 18.3. The Morgan fingerprint density at radius 2 is 1.56 bits per heavy atom. The molecule has 5 nitrogen and oxygen atoms in total. The molecule has 0 unspecified atom stereocenters. The maximum Gasteiger partial charge on any atom is 0.314 e. The first-order valence-electron chi connectivity index (χ1n) is 9.88. The standard InChI is InChI=1S/C21H37N3O2Si/c1-20(2,3)24(27(7,8)21(4,5)6)19(25)22-17-9-11-18(12-10-17)23-13-15-26-16-14-23/h9-12H,13-16H2,1-8H3,(H,22,25). The van der Waals surface area contributed by atoms with Gasteiger partial charge in [-0.15, -0.1) is 0 Å². The van der Waals surface area contributed by atoms with E-state index in [1.807, 2.05) is 12.1 Å². The Kier molecular flexibility index (Phi) is 6.32. The second-order valence-corrected chi connectivity index (χ2v) is 15.0. The van der Waals surface area contributed by atoms with Gasteiger partial charge >= 0.3 is 6.03 Å². The molecule has 1 aliphatic rings. The van der Waals surface area contributed by atoms with Crippen molar-refractivity contribution in [1.29, 1.82) is 0 Å². The summed E-state index contributed by atoms with van der Waals surface area (Å²) in [6, 6.07) is 8.14. The van der Waals surface area contributed by atoms with Crippen LogP contribution in [0.4, 0.5) is 16.2 Å². The molecule has 1 N–H and O–H groups in total. The highest BCUT2D eigenvalue weighted by atomic mass is 28.3. The highest BCUT2D eigenvalue weighted by Crippen LogP contribution is 2.41. The topological polar surface area (TPSA) is 44.8 Å². The van der Waals surface area contributed by atoms with E-state index in [1.165, 1.54) is 5.69 Å². The van der Waals surface area contributed by atoms with E-state index in [9.17, 15) is 4.79 Å². The lowest BCUT2D eigenvalue weighted by molar-refractivity contribution is 0.122. The number of amides is 2. The van der Waals surface area contributed by atoms with Crippen molar-refractivity contribution in [2.75, 3.05) is 36.5 Å². The van der Waals surface area contributed by atoms with Crippen LogP contribution in [0.3, 0.4) is 0 Å². The number of benzene rings is 1. The third-order valence-electron chi connectivity index (χ3n) is 5.76. The molecular formula is C21H37N3O2Si. The number of anilines is 2. The molecule has 0 bridgehead atoms. The predicted octanol–water partition coefficient (Wildman–Crippen LogP) is 5.16. The van der Waals surface area contributed by atoms with Crippen LogP contribution in [-0.2, 0) is 4.74 Å². The summed E-state index contributed by atoms with van der Waals surface area (Å²) in [6.45, 7) is 21.0. The van der Waals surface area contributed by atoms with Gasteiger partial charge in [0.1, 0.15) is 0 Å². The fourth-order valence-electron chi connectivity index (χ4n) is 3.49. The molecule has 0 aliphatic carbocycles. The Bertz CT molecular complexity index is 639. The SMILES string of the molecule is CC(C)(C)N(C(=O)Nc1ccc(N2CCOCC2)cc1)[Si](C)(C)C(C)(C)C. The van der Waals surface area contributed by atoms with Gasteiger partial charge < -0.3 is 19.5 Å². The lowest BCUT2D eigenvalue weighted by atomic mass is 10.1. The first kappa shape index (κ1) is 21.8. The molecular weight excluding hydrogens is 354 g/mol. The second kappa shape index (κ2) is 7.84. The van der Waals surface area contributed by atoms with Gasteiger partial charge in [0, 0.05) is 30.0 Å². The highest BCUT2D eigenvalue weighted by molar-refractivity contribution is 6.79. The van der Waals surface area contributed by atoms with Crippen LogP contribution in [0.5, 0.6) is 0 Å².